The first-order valence-corrected chi connectivity index (χ1v) is 15.8. The summed E-state index contributed by atoms with van der Waals surface area (Å²) in [6.07, 6.45) is 3.31. The van der Waals surface area contributed by atoms with Crippen LogP contribution in [0.2, 0.25) is 0 Å². The number of halogens is 1. The van der Waals surface area contributed by atoms with Crippen LogP contribution in [0.3, 0.4) is 0 Å². The van der Waals surface area contributed by atoms with Gasteiger partial charge in [0, 0.05) is 38.3 Å². The SMILES string of the molecule is O=C(Cc1ccccc1)N(CCN1CCOCC1)Cc1cnc(S(=O)(=O)Cc2ccccc2F)n1C[C@@H]1CCCO1. The van der Waals surface area contributed by atoms with Gasteiger partial charge in [0.15, 0.2) is 0 Å². The highest BCUT2D eigenvalue weighted by Gasteiger charge is 2.29. The number of carbonyl (C=O) groups excluding carboxylic acids is 1. The minimum Gasteiger partial charge on any atom is -0.379 e. The number of carbonyl (C=O) groups is 1. The second kappa shape index (κ2) is 13.7. The van der Waals surface area contributed by atoms with Crippen LogP contribution >= 0.6 is 0 Å². The lowest BCUT2D eigenvalue weighted by atomic mass is 10.1. The van der Waals surface area contributed by atoms with Gasteiger partial charge in [-0.1, -0.05) is 48.5 Å². The van der Waals surface area contributed by atoms with Gasteiger partial charge < -0.3 is 18.9 Å². The smallest absolute Gasteiger partial charge is 0.228 e. The molecule has 0 aliphatic carbocycles. The molecule has 1 aromatic heterocycles. The number of nitrogens with zero attached hydrogens (tertiary/aromatic N) is 4. The van der Waals surface area contributed by atoms with Crippen LogP contribution in [0.1, 0.15) is 29.7 Å². The third-order valence-corrected chi connectivity index (χ3v) is 9.16. The van der Waals surface area contributed by atoms with Crippen molar-refractivity contribution >= 4 is 15.7 Å². The molecule has 2 aliphatic heterocycles. The van der Waals surface area contributed by atoms with E-state index in [0.29, 0.717) is 45.1 Å². The van der Waals surface area contributed by atoms with Crippen LogP contribution < -0.4 is 0 Å². The van der Waals surface area contributed by atoms with Crippen molar-refractivity contribution in [3.8, 4) is 0 Å². The minimum absolute atomic E-state index is 0.0508. The van der Waals surface area contributed by atoms with E-state index < -0.39 is 21.4 Å². The zero-order valence-corrected chi connectivity index (χ0v) is 24.0. The number of sulfone groups is 1. The van der Waals surface area contributed by atoms with Gasteiger partial charge in [-0.05, 0) is 24.5 Å². The number of morpholine rings is 1. The molecule has 0 bridgehead atoms. The summed E-state index contributed by atoms with van der Waals surface area (Å²) >= 11 is 0. The first-order valence-electron chi connectivity index (χ1n) is 14.1. The summed E-state index contributed by atoms with van der Waals surface area (Å²) in [5, 5.41) is -0.130. The Morgan fingerprint density at radius 2 is 1.80 bits per heavy atom. The first-order chi connectivity index (χ1) is 19.9. The Kier molecular flexibility index (Phi) is 9.81. The predicted octanol–water partition coefficient (Wildman–Crippen LogP) is 3.08. The summed E-state index contributed by atoms with van der Waals surface area (Å²) in [6.45, 7) is 5.21. The van der Waals surface area contributed by atoms with Crippen LogP contribution in [0, 0.1) is 5.82 Å². The van der Waals surface area contributed by atoms with E-state index >= 15 is 0 Å². The van der Waals surface area contributed by atoms with Crippen molar-refractivity contribution in [3.63, 3.8) is 0 Å². The number of benzene rings is 2. The van der Waals surface area contributed by atoms with Crippen LogP contribution in [0.15, 0.2) is 66.0 Å². The van der Waals surface area contributed by atoms with Crippen molar-refractivity contribution in [2.45, 2.75) is 49.4 Å². The molecule has 0 saturated carbocycles. The van der Waals surface area contributed by atoms with Crippen LogP contribution in [0.5, 0.6) is 0 Å². The third-order valence-electron chi connectivity index (χ3n) is 7.59. The van der Waals surface area contributed by atoms with Crippen LogP contribution in [-0.4, -0.2) is 85.8 Å². The number of rotatable bonds is 12. The van der Waals surface area contributed by atoms with E-state index in [2.05, 4.69) is 9.88 Å². The van der Waals surface area contributed by atoms with Gasteiger partial charge in [0.1, 0.15) is 5.82 Å². The summed E-state index contributed by atoms with van der Waals surface area (Å²) < 4.78 is 54.5. The molecule has 2 saturated heterocycles. The molecule has 11 heteroatoms. The monoisotopic (exact) mass is 584 g/mol. The molecule has 1 amide bonds. The summed E-state index contributed by atoms with van der Waals surface area (Å²) in [7, 11) is -3.99. The number of hydrogen-bond donors (Lipinski definition) is 0. The molecule has 3 heterocycles. The van der Waals surface area contributed by atoms with E-state index in [1.54, 1.807) is 15.5 Å². The first kappa shape index (κ1) is 29.4. The van der Waals surface area contributed by atoms with Crippen molar-refractivity contribution < 1.29 is 27.1 Å². The lowest BCUT2D eigenvalue weighted by molar-refractivity contribution is -0.131. The molecule has 0 spiro atoms. The van der Waals surface area contributed by atoms with Gasteiger partial charge in [-0.3, -0.25) is 9.69 Å². The molecule has 0 radical (unpaired) electrons. The Morgan fingerprint density at radius 1 is 1.05 bits per heavy atom. The molecule has 2 aliphatic rings. The van der Waals surface area contributed by atoms with E-state index in [-0.39, 0.29) is 35.7 Å². The number of amides is 1. The van der Waals surface area contributed by atoms with E-state index in [0.717, 1.165) is 31.5 Å². The molecule has 3 aromatic rings. The van der Waals surface area contributed by atoms with Crippen molar-refractivity contribution in [1.82, 2.24) is 19.4 Å². The average molecular weight is 585 g/mol. The van der Waals surface area contributed by atoms with Crippen LogP contribution in [-0.2, 0) is 49.4 Å². The Bertz CT molecular complexity index is 1400. The maximum Gasteiger partial charge on any atom is 0.228 e. The van der Waals surface area contributed by atoms with Gasteiger partial charge in [0.25, 0.3) is 0 Å². The quantitative estimate of drug-likeness (QED) is 0.323. The number of ether oxygens (including phenoxy) is 2. The maximum absolute atomic E-state index is 14.4. The highest BCUT2D eigenvalue weighted by atomic mass is 32.2. The maximum atomic E-state index is 14.4. The molecule has 1 atom stereocenters. The third kappa shape index (κ3) is 7.79. The minimum atomic E-state index is -3.99. The van der Waals surface area contributed by atoms with Gasteiger partial charge in [-0.25, -0.2) is 17.8 Å². The largest absolute Gasteiger partial charge is 0.379 e. The van der Waals surface area contributed by atoms with E-state index in [4.69, 9.17) is 9.47 Å². The highest BCUT2D eigenvalue weighted by molar-refractivity contribution is 7.90. The summed E-state index contributed by atoms with van der Waals surface area (Å²) in [5.74, 6) is -1.13. The Balaban J connectivity index is 1.42. The van der Waals surface area contributed by atoms with Gasteiger partial charge >= 0.3 is 0 Å². The standard InChI is InChI=1S/C30H37FN4O5S/c31-28-11-5-4-9-25(28)23-41(37,38)30-32-20-26(35(30)22-27-10-6-16-40-27)21-34(13-12-33-14-17-39-18-15-33)29(36)19-24-7-2-1-3-8-24/h1-5,7-9,11,20,27H,6,10,12-19,21-23H2/t27-/m0/s1. The Labute approximate surface area is 240 Å². The zero-order valence-electron chi connectivity index (χ0n) is 23.2. The molecule has 5 rings (SSSR count). The fraction of sp³-hybridized carbons (Fsp3) is 0.467. The van der Waals surface area contributed by atoms with E-state index in [1.807, 2.05) is 30.3 Å². The van der Waals surface area contributed by atoms with E-state index in [1.165, 1.54) is 24.4 Å². The highest BCUT2D eigenvalue weighted by Crippen LogP contribution is 2.23. The van der Waals surface area contributed by atoms with Gasteiger partial charge in [0.2, 0.25) is 20.9 Å². The molecule has 2 aromatic carbocycles. The number of imidazole rings is 1. The number of aromatic nitrogens is 2. The fourth-order valence-electron chi connectivity index (χ4n) is 5.30. The lowest BCUT2D eigenvalue weighted by Gasteiger charge is -2.30. The molecule has 220 valence electrons. The average Bonchev–Trinajstić information content (AvgIpc) is 3.64. The lowest BCUT2D eigenvalue weighted by Crippen LogP contribution is -2.43. The van der Waals surface area contributed by atoms with Gasteiger partial charge in [-0.15, -0.1) is 0 Å². The fourth-order valence-corrected chi connectivity index (χ4v) is 6.81. The molecular formula is C30H37FN4O5S. The molecule has 41 heavy (non-hydrogen) atoms. The summed E-state index contributed by atoms with van der Waals surface area (Å²) in [4.78, 5) is 22.0. The molecule has 2 fully saturated rings. The zero-order chi connectivity index (χ0) is 28.7. The van der Waals surface area contributed by atoms with Crippen molar-refractivity contribution in [3.05, 3.63) is 83.4 Å². The van der Waals surface area contributed by atoms with Crippen molar-refractivity contribution in [2.24, 2.45) is 0 Å². The van der Waals surface area contributed by atoms with Crippen LogP contribution in [0.4, 0.5) is 4.39 Å². The predicted molar refractivity (Wildman–Crippen MR) is 151 cm³/mol. The second-order valence-electron chi connectivity index (χ2n) is 10.6. The molecule has 9 nitrogen and oxygen atoms in total. The van der Waals surface area contributed by atoms with Crippen molar-refractivity contribution in [2.75, 3.05) is 46.0 Å². The number of hydrogen-bond acceptors (Lipinski definition) is 7. The van der Waals surface area contributed by atoms with Crippen LogP contribution in [0.25, 0.3) is 0 Å². The molecular weight excluding hydrogens is 547 g/mol. The van der Waals surface area contributed by atoms with Gasteiger partial charge in [-0.2, -0.15) is 0 Å². The molecule has 0 N–H and O–H groups in total. The Hall–Kier alpha value is -3.12. The topological polar surface area (TPSA) is 94.0 Å². The van der Waals surface area contributed by atoms with Crippen molar-refractivity contribution in [1.29, 1.82) is 0 Å². The van der Waals surface area contributed by atoms with Gasteiger partial charge in [0.05, 0.1) is 56.5 Å². The second-order valence-corrected chi connectivity index (χ2v) is 12.4. The summed E-state index contributed by atoms with van der Waals surface area (Å²) in [5.41, 5.74) is 1.61. The van der Waals surface area contributed by atoms with E-state index in [9.17, 15) is 17.6 Å². The summed E-state index contributed by atoms with van der Waals surface area (Å²) in [6, 6.07) is 15.4. The molecule has 0 unspecified atom stereocenters. The normalized spacial score (nSPS) is 18.0. The Morgan fingerprint density at radius 3 is 2.54 bits per heavy atom.